The Hall–Kier alpha value is -1.66. The Labute approximate surface area is 126 Å². The van der Waals surface area contributed by atoms with Gasteiger partial charge in [0.1, 0.15) is 5.82 Å². The quantitative estimate of drug-likeness (QED) is 0.828. The maximum atomic E-state index is 11.7. The number of amides is 1. The van der Waals surface area contributed by atoms with Crippen LogP contribution >= 0.6 is 0 Å². The van der Waals surface area contributed by atoms with Crippen LogP contribution in [0.25, 0.3) is 0 Å². The molecule has 6 heteroatoms. The molecular weight excluding hydrogens is 266 g/mol. The fourth-order valence-corrected chi connectivity index (χ4v) is 2.15. The zero-order chi connectivity index (χ0) is 15.5. The normalized spacial score (nSPS) is 16.9. The Balaban J connectivity index is 1.89. The highest BCUT2D eigenvalue weighted by atomic mass is 16.2. The van der Waals surface area contributed by atoms with Crippen molar-refractivity contribution < 1.29 is 4.79 Å². The Kier molecular flexibility index (Phi) is 4.80. The van der Waals surface area contributed by atoms with Crippen LogP contribution in [0.15, 0.2) is 18.3 Å². The van der Waals surface area contributed by atoms with Crippen LogP contribution in [0.2, 0.25) is 0 Å². The highest BCUT2D eigenvalue weighted by molar-refractivity contribution is 5.84. The van der Waals surface area contributed by atoms with Gasteiger partial charge in [-0.1, -0.05) is 6.07 Å². The molecule has 0 spiro atoms. The fraction of sp³-hybridized carbons (Fsp3) is 0.600. The summed E-state index contributed by atoms with van der Waals surface area (Å²) >= 11 is 0. The standard InChI is InChI=1S/C15H25N5O/c1-15(2,16)14(21)18-11-12-4-5-13(17-10-12)20-8-6-19(3)7-9-20/h4-5,10H,6-9,11,16H2,1-3H3,(H,18,21). The SMILES string of the molecule is CN1CCN(c2ccc(CNC(=O)C(C)(C)N)cn2)CC1. The molecule has 0 aromatic carbocycles. The molecule has 3 N–H and O–H groups in total. The van der Waals surface area contributed by atoms with Crippen molar-refractivity contribution in [2.75, 3.05) is 38.1 Å². The van der Waals surface area contributed by atoms with E-state index in [1.807, 2.05) is 18.3 Å². The number of anilines is 1. The van der Waals surface area contributed by atoms with Crippen LogP contribution in [0.4, 0.5) is 5.82 Å². The second-order valence-corrected chi connectivity index (χ2v) is 6.22. The third-order valence-electron chi connectivity index (χ3n) is 3.67. The summed E-state index contributed by atoms with van der Waals surface area (Å²) in [4.78, 5) is 20.8. The summed E-state index contributed by atoms with van der Waals surface area (Å²) in [5, 5.41) is 2.82. The number of hydrogen-bond acceptors (Lipinski definition) is 5. The Bertz CT molecular complexity index is 472. The maximum Gasteiger partial charge on any atom is 0.239 e. The van der Waals surface area contributed by atoms with E-state index in [1.54, 1.807) is 13.8 Å². The second kappa shape index (κ2) is 6.41. The highest BCUT2D eigenvalue weighted by Gasteiger charge is 2.21. The fourth-order valence-electron chi connectivity index (χ4n) is 2.15. The largest absolute Gasteiger partial charge is 0.354 e. The van der Waals surface area contributed by atoms with Gasteiger partial charge in [-0.3, -0.25) is 4.79 Å². The number of nitrogens with zero attached hydrogens (tertiary/aromatic N) is 3. The molecule has 1 aliphatic rings. The number of nitrogens with two attached hydrogens (primary N) is 1. The van der Waals surface area contributed by atoms with E-state index < -0.39 is 5.54 Å². The number of carbonyl (C=O) groups excluding carboxylic acids is 1. The van der Waals surface area contributed by atoms with Gasteiger partial charge >= 0.3 is 0 Å². The Morgan fingerprint density at radius 3 is 2.52 bits per heavy atom. The van der Waals surface area contributed by atoms with Crippen LogP contribution in [-0.2, 0) is 11.3 Å². The molecule has 0 atom stereocenters. The highest BCUT2D eigenvalue weighted by Crippen LogP contribution is 2.13. The lowest BCUT2D eigenvalue weighted by Gasteiger charge is -2.33. The first kappa shape index (κ1) is 15.7. The molecule has 0 aliphatic carbocycles. The average Bonchev–Trinajstić information content (AvgIpc) is 2.45. The van der Waals surface area contributed by atoms with E-state index in [0.29, 0.717) is 6.54 Å². The van der Waals surface area contributed by atoms with Crippen molar-refractivity contribution in [1.29, 1.82) is 0 Å². The zero-order valence-electron chi connectivity index (χ0n) is 13.1. The summed E-state index contributed by atoms with van der Waals surface area (Å²) in [7, 11) is 2.13. The number of likely N-dealkylation sites (N-methyl/N-ethyl adjacent to an activating group) is 1. The third kappa shape index (κ3) is 4.41. The molecule has 0 bridgehead atoms. The first-order chi connectivity index (χ1) is 9.86. The lowest BCUT2D eigenvalue weighted by Crippen LogP contribution is -2.48. The first-order valence-electron chi connectivity index (χ1n) is 7.32. The topological polar surface area (TPSA) is 74.5 Å². The van der Waals surface area contributed by atoms with E-state index in [-0.39, 0.29) is 5.91 Å². The summed E-state index contributed by atoms with van der Waals surface area (Å²) in [6, 6.07) is 4.02. The molecule has 1 aromatic heterocycles. The van der Waals surface area contributed by atoms with Gasteiger partial charge in [-0.05, 0) is 32.5 Å². The first-order valence-corrected chi connectivity index (χ1v) is 7.32. The number of nitrogens with one attached hydrogen (secondary N) is 1. The van der Waals surface area contributed by atoms with Crippen LogP contribution in [0.5, 0.6) is 0 Å². The van der Waals surface area contributed by atoms with Crippen LogP contribution in [0.1, 0.15) is 19.4 Å². The number of carbonyl (C=O) groups is 1. The van der Waals surface area contributed by atoms with Crippen molar-refractivity contribution in [1.82, 2.24) is 15.2 Å². The molecule has 1 amide bonds. The Morgan fingerprint density at radius 1 is 1.33 bits per heavy atom. The minimum absolute atomic E-state index is 0.161. The lowest BCUT2D eigenvalue weighted by atomic mass is 10.1. The van der Waals surface area contributed by atoms with E-state index >= 15 is 0 Å². The van der Waals surface area contributed by atoms with Gasteiger partial charge < -0.3 is 20.9 Å². The smallest absolute Gasteiger partial charge is 0.239 e. The predicted octanol–water partition coefficient (Wildman–Crippen LogP) is 0.187. The summed E-state index contributed by atoms with van der Waals surface area (Å²) in [6.07, 6.45) is 1.82. The van der Waals surface area contributed by atoms with Crippen molar-refractivity contribution in [3.8, 4) is 0 Å². The van der Waals surface area contributed by atoms with Gasteiger partial charge in [-0.25, -0.2) is 4.98 Å². The van der Waals surface area contributed by atoms with Gasteiger partial charge in [0, 0.05) is 38.9 Å². The molecule has 116 valence electrons. The van der Waals surface area contributed by atoms with Gasteiger partial charge in [0.2, 0.25) is 5.91 Å². The lowest BCUT2D eigenvalue weighted by molar-refractivity contribution is -0.125. The summed E-state index contributed by atoms with van der Waals surface area (Å²) in [5.74, 6) is 0.836. The molecule has 1 aliphatic heterocycles. The molecule has 1 saturated heterocycles. The van der Waals surface area contributed by atoms with E-state index in [9.17, 15) is 4.79 Å². The minimum atomic E-state index is -0.854. The monoisotopic (exact) mass is 291 g/mol. The van der Waals surface area contributed by atoms with E-state index in [0.717, 1.165) is 37.6 Å². The van der Waals surface area contributed by atoms with Crippen molar-refractivity contribution >= 4 is 11.7 Å². The van der Waals surface area contributed by atoms with Crippen molar-refractivity contribution in [3.05, 3.63) is 23.9 Å². The van der Waals surface area contributed by atoms with E-state index in [1.165, 1.54) is 0 Å². The summed E-state index contributed by atoms with van der Waals surface area (Å²) < 4.78 is 0. The second-order valence-electron chi connectivity index (χ2n) is 6.22. The summed E-state index contributed by atoms with van der Waals surface area (Å²) in [6.45, 7) is 7.96. The molecule has 0 unspecified atom stereocenters. The average molecular weight is 291 g/mol. The van der Waals surface area contributed by atoms with E-state index in [4.69, 9.17) is 5.73 Å². The van der Waals surface area contributed by atoms with Gasteiger partial charge in [-0.2, -0.15) is 0 Å². The third-order valence-corrected chi connectivity index (χ3v) is 3.67. The molecule has 0 radical (unpaired) electrons. The van der Waals surface area contributed by atoms with Crippen LogP contribution in [0.3, 0.4) is 0 Å². The van der Waals surface area contributed by atoms with Crippen molar-refractivity contribution in [2.24, 2.45) is 5.73 Å². The molecule has 2 heterocycles. The molecule has 1 fully saturated rings. The number of piperazine rings is 1. The molecule has 21 heavy (non-hydrogen) atoms. The van der Waals surface area contributed by atoms with Gasteiger partial charge in [0.25, 0.3) is 0 Å². The maximum absolute atomic E-state index is 11.7. The number of aromatic nitrogens is 1. The van der Waals surface area contributed by atoms with Gasteiger partial charge in [-0.15, -0.1) is 0 Å². The van der Waals surface area contributed by atoms with Crippen molar-refractivity contribution in [3.63, 3.8) is 0 Å². The number of pyridine rings is 1. The molecule has 1 aromatic rings. The van der Waals surface area contributed by atoms with Crippen LogP contribution < -0.4 is 16.0 Å². The minimum Gasteiger partial charge on any atom is -0.354 e. The molecule has 0 saturated carbocycles. The number of rotatable bonds is 4. The predicted molar refractivity (Wildman–Crippen MR) is 84.1 cm³/mol. The zero-order valence-corrected chi connectivity index (χ0v) is 13.1. The molecule has 6 nitrogen and oxygen atoms in total. The van der Waals surface area contributed by atoms with Gasteiger partial charge in [0.05, 0.1) is 5.54 Å². The van der Waals surface area contributed by atoms with E-state index in [2.05, 4.69) is 27.1 Å². The van der Waals surface area contributed by atoms with Crippen LogP contribution in [0, 0.1) is 0 Å². The molecule has 2 rings (SSSR count). The number of hydrogen-bond donors (Lipinski definition) is 2. The van der Waals surface area contributed by atoms with Gasteiger partial charge in [0.15, 0.2) is 0 Å². The molecular formula is C15H25N5O. The van der Waals surface area contributed by atoms with Crippen molar-refractivity contribution in [2.45, 2.75) is 25.9 Å². The van der Waals surface area contributed by atoms with Crippen LogP contribution in [-0.4, -0.2) is 54.6 Å². The Morgan fingerprint density at radius 2 is 2.00 bits per heavy atom. The summed E-state index contributed by atoms with van der Waals surface area (Å²) in [5.41, 5.74) is 5.86.